The van der Waals surface area contributed by atoms with E-state index in [1.165, 1.54) is 0 Å². The van der Waals surface area contributed by atoms with E-state index in [2.05, 4.69) is 46.9 Å². The van der Waals surface area contributed by atoms with Crippen LogP contribution in [-0.4, -0.2) is 153 Å². The first kappa shape index (κ1) is 75.8. The van der Waals surface area contributed by atoms with E-state index < -0.39 is 102 Å². The third kappa shape index (κ3) is 33.8. The molecule has 0 spiro atoms. The number of benzene rings is 2. The monoisotopic (exact) mass is 1260 g/mol. The molecule has 0 radical (unpaired) electrons. The minimum absolute atomic E-state index is 0.0224. The Labute approximate surface area is 524 Å². The zero-order chi connectivity index (χ0) is 65.9. The van der Waals surface area contributed by atoms with Gasteiger partial charge in [0, 0.05) is 101 Å². The number of unbranched alkanes of at least 4 members (excludes halogenated alkanes) is 6. The van der Waals surface area contributed by atoms with Crippen molar-refractivity contribution in [2.75, 3.05) is 39.3 Å². The van der Waals surface area contributed by atoms with E-state index in [-0.39, 0.29) is 115 Å². The number of nitrogens with two attached hydrogens (primary N) is 2. The summed E-state index contributed by atoms with van der Waals surface area (Å²) in [6, 6.07) is 14.1. The molecule has 1 heterocycles. The molecule has 1 aromatic heterocycles. The molecular weight excluding hydrogens is 1170 g/mol. The second kappa shape index (κ2) is 44.9. The molecule has 6 atom stereocenters. The number of aryl methyl sites for hydroxylation is 1. The molecule has 0 bridgehead atoms. The number of urea groups is 1. The van der Waals surface area contributed by atoms with E-state index in [0.29, 0.717) is 63.9 Å². The summed E-state index contributed by atoms with van der Waals surface area (Å²) in [6.07, 6.45) is 7.34. The van der Waals surface area contributed by atoms with Crippen molar-refractivity contribution in [3.05, 3.63) is 94.1 Å². The molecule has 0 aliphatic heterocycles. The van der Waals surface area contributed by atoms with Crippen LogP contribution in [0.15, 0.2) is 72.0 Å². The lowest BCUT2D eigenvalue weighted by Gasteiger charge is -2.23. The van der Waals surface area contributed by atoms with Crippen molar-refractivity contribution in [1.82, 2.24) is 41.6 Å². The second-order valence-electron chi connectivity index (χ2n) is 22.3. The number of Topliss-reactive ketones (excluding diaryl/α,β-unsaturated/α-hetero) is 4. The van der Waals surface area contributed by atoms with Crippen molar-refractivity contribution >= 4 is 64.8 Å². The number of rotatable bonds is 52. The maximum Gasteiger partial charge on any atom is 0.326 e. The van der Waals surface area contributed by atoms with Gasteiger partial charge in [-0.25, -0.2) is 9.59 Å². The Hall–Kier alpha value is -8.46. The molecule has 494 valence electrons. The lowest BCUT2D eigenvalue weighted by Crippen LogP contribution is -2.46. The van der Waals surface area contributed by atoms with Crippen LogP contribution in [0.5, 0.6) is 0 Å². The highest BCUT2D eigenvalue weighted by molar-refractivity contribution is 5.94. The number of azide groups is 1. The maximum atomic E-state index is 14.3. The fourth-order valence-corrected chi connectivity index (χ4v) is 9.81. The van der Waals surface area contributed by atoms with Gasteiger partial charge in [-0.05, 0) is 93.8 Å². The van der Waals surface area contributed by atoms with Crippen LogP contribution in [0.1, 0.15) is 152 Å². The minimum Gasteiger partial charge on any atom is -0.481 e. The number of hydrogen-bond acceptors (Lipinski definition) is 17. The molecule has 2 aromatic carbocycles. The number of nitrogens with zero attached hydrogens (tertiary/aromatic N) is 6. The molecule has 0 unspecified atom stereocenters. The highest BCUT2D eigenvalue weighted by Gasteiger charge is 2.31. The van der Waals surface area contributed by atoms with Crippen LogP contribution in [-0.2, 0) is 78.7 Å². The van der Waals surface area contributed by atoms with E-state index in [0.717, 1.165) is 36.8 Å². The van der Waals surface area contributed by atoms with Crippen molar-refractivity contribution in [2.24, 2.45) is 34.3 Å². The van der Waals surface area contributed by atoms with Gasteiger partial charge in [-0.3, -0.25) is 47.8 Å². The van der Waals surface area contributed by atoms with Crippen molar-refractivity contribution in [3.8, 4) is 0 Å². The zero-order valence-corrected chi connectivity index (χ0v) is 51.3. The largest absolute Gasteiger partial charge is 0.481 e. The van der Waals surface area contributed by atoms with E-state index in [9.17, 15) is 63.0 Å². The van der Waals surface area contributed by atoms with Crippen molar-refractivity contribution in [1.29, 1.82) is 0 Å². The van der Waals surface area contributed by atoms with Gasteiger partial charge >= 0.3 is 23.9 Å². The minimum atomic E-state index is -1.35. The van der Waals surface area contributed by atoms with Gasteiger partial charge in [-0.2, -0.15) is 0 Å². The molecule has 0 saturated carbocycles. The summed E-state index contributed by atoms with van der Waals surface area (Å²) in [7, 11) is 0. The van der Waals surface area contributed by atoms with Crippen LogP contribution in [0, 0.1) is 17.8 Å². The number of amides is 5. The van der Waals surface area contributed by atoms with Gasteiger partial charge in [0.05, 0.1) is 37.2 Å². The summed E-state index contributed by atoms with van der Waals surface area (Å²) in [5.74, 6) is -9.47. The fourth-order valence-electron chi connectivity index (χ4n) is 9.81. The molecule has 28 nitrogen and oxygen atoms in total. The Morgan fingerprint density at radius 3 is 1.88 bits per heavy atom. The first-order chi connectivity index (χ1) is 43.3. The van der Waals surface area contributed by atoms with Gasteiger partial charge in [0.15, 0.2) is 5.78 Å². The van der Waals surface area contributed by atoms with E-state index >= 15 is 0 Å². The summed E-state index contributed by atoms with van der Waals surface area (Å²) in [5, 5.41) is 52.5. The first-order valence-corrected chi connectivity index (χ1v) is 30.9. The topological polar surface area (TPSA) is 449 Å². The molecule has 12 N–H and O–H groups in total. The fraction of sp³-hybridized carbons (Fsp3) is 0.597. The summed E-state index contributed by atoms with van der Waals surface area (Å²) in [5.41, 5.74) is 22.6. The quantitative estimate of drug-likeness (QED) is 0.0156. The number of carbonyl (C=O) groups excluding carboxylic acids is 8. The van der Waals surface area contributed by atoms with Gasteiger partial charge < -0.3 is 58.1 Å². The van der Waals surface area contributed by atoms with Gasteiger partial charge in [0.25, 0.3) is 0 Å². The average Bonchev–Trinajstić information content (AvgIpc) is 4.11. The molecule has 28 heteroatoms. The van der Waals surface area contributed by atoms with Gasteiger partial charge in [-0.1, -0.05) is 96.7 Å². The molecular formula is C62H91N13O15. The van der Waals surface area contributed by atoms with Crippen LogP contribution in [0.2, 0.25) is 0 Å². The van der Waals surface area contributed by atoms with E-state index in [1.807, 2.05) is 36.4 Å². The first-order valence-electron chi connectivity index (χ1n) is 30.9. The normalized spacial score (nSPS) is 13.0. The number of ketones is 4. The molecule has 5 amide bonds. The lowest BCUT2D eigenvalue weighted by atomic mass is 9.90. The number of nitrogens with one attached hydrogen (secondary N) is 5. The standard InChI is InChI=1S/C62H91N13O15/c63-28-13-11-21-45(37-50(77)27-30-69-73-65)58(84)66-31-32-67-59(85)47(40-57(82)83)39-55(79)51(64)25-26-54(78)53(36-44-19-8-5-9-20-44)70-60(86)46(35-43-17-6-4-7-18-43)38-49(76)22-10-2-1-3-15-34-90-42-48-41-75(74-72-48)33-14-12-23-52(61(87)88)71-62(89)68-29-16-24-56(80)81/h4-9,17-20,41,45-47,51-53H,1-3,10-16,21-40,42,63-64H2,(H,66,84)(H,67,85)(H,70,86)(H,80,81)(H,82,83)(H,87,88)(H2,68,71,89)/t45-,46-,47+,51+,52+,53+/m1/s1. The molecule has 0 fully saturated rings. The van der Waals surface area contributed by atoms with Gasteiger partial charge in [-0.15, -0.1) is 5.10 Å². The number of hydrogen-bond donors (Lipinski definition) is 10. The third-order valence-corrected chi connectivity index (χ3v) is 14.8. The van der Waals surface area contributed by atoms with Crippen LogP contribution < -0.4 is 38.1 Å². The van der Waals surface area contributed by atoms with Crippen LogP contribution in [0.4, 0.5) is 4.79 Å². The number of aromatic nitrogens is 3. The smallest absolute Gasteiger partial charge is 0.326 e. The number of carbonyl (C=O) groups is 11. The summed E-state index contributed by atoms with van der Waals surface area (Å²) >= 11 is 0. The molecule has 0 saturated heterocycles. The highest BCUT2D eigenvalue weighted by Crippen LogP contribution is 2.20. The Balaban J connectivity index is 1.47. The van der Waals surface area contributed by atoms with E-state index in [4.69, 9.17) is 26.8 Å². The number of carboxylic acids is 3. The Bertz CT molecular complexity index is 2780. The summed E-state index contributed by atoms with van der Waals surface area (Å²) < 4.78 is 7.44. The predicted octanol–water partition coefficient (Wildman–Crippen LogP) is 4.83. The van der Waals surface area contributed by atoms with Gasteiger partial charge in [0.2, 0.25) is 17.7 Å². The van der Waals surface area contributed by atoms with Crippen molar-refractivity contribution in [2.45, 2.75) is 179 Å². The van der Waals surface area contributed by atoms with Crippen molar-refractivity contribution < 1.29 is 72.8 Å². The van der Waals surface area contributed by atoms with Gasteiger partial charge in [0.1, 0.15) is 29.1 Å². The molecule has 0 aliphatic rings. The highest BCUT2D eigenvalue weighted by atomic mass is 16.5. The Morgan fingerprint density at radius 2 is 1.22 bits per heavy atom. The average molecular weight is 1260 g/mol. The zero-order valence-electron chi connectivity index (χ0n) is 51.3. The number of carboxylic acid groups (broad SMARTS) is 3. The SMILES string of the molecule is [N-]=[N+]=NCCC(=O)C[C@@H](CCCCN)C(=O)NCCNC(=O)[C@H](CC(=O)O)CC(=O)[C@@H](N)CCC(=O)[C@H](Cc1ccccc1)NC(=O)[C@@H](CC(=O)CCCCCCCOCc1cn(CCCC[C@H](NC(=O)NCCCC(=O)O)C(=O)O)nn1)Cc1ccccc1. The Morgan fingerprint density at radius 1 is 0.589 bits per heavy atom. The van der Waals surface area contributed by atoms with Crippen LogP contribution in [0.3, 0.4) is 0 Å². The molecule has 3 rings (SSSR count). The predicted molar refractivity (Wildman–Crippen MR) is 330 cm³/mol. The lowest BCUT2D eigenvalue weighted by molar-refractivity contribution is -0.142. The third-order valence-electron chi connectivity index (χ3n) is 14.8. The van der Waals surface area contributed by atoms with Crippen molar-refractivity contribution in [3.63, 3.8) is 0 Å². The number of aliphatic carboxylic acids is 3. The van der Waals surface area contributed by atoms with E-state index in [1.54, 1.807) is 35.1 Å². The van der Waals surface area contributed by atoms with Crippen LogP contribution in [0.25, 0.3) is 10.4 Å². The maximum absolute atomic E-state index is 14.3. The summed E-state index contributed by atoms with van der Waals surface area (Å²) in [4.78, 5) is 143. The van der Waals surface area contributed by atoms with Crippen LogP contribution >= 0.6 is 0 Å². The molecule has 90 heavy (non-hydrogen) atoms. The number of ether oxygens (including phenoxy) is 1. The molecule has 3 aromatic rings. The summed E-state index contributed by atoms with van der Waals surface area (Å²) in [6.45, 7) is 1.50. The Kier molecular flexibility index (Phi) is 37.8. The molecule has 0 aliphatic carbocycles. The second-order valence-corrected chi connectivity index (χ2v) is 22.3.